The lowest BCUT2D eigenvalue weighted by Crippen LogP contribution is -2.02. The topological polar surface area (TPSA) is 83.0 Å². The van der Waals surface area contributed by atoms with Gasteiger partial charge in [0.2, 0.25) is 5.88 Å². The third-order valence-electron chi connectivity index (χ3n) is 4.73. The van der Waals surface area contributed by atoms with Crippen LogP contribution in [0.15, 0.2) is 70.3 Å². The number of ether oxygens (including phenoxy) is 1. The second-order valence-electron chi connectivity index (χ2n) is 6.79. The van der Waals surface area contributed by atoms with E-state index < -0.39 is 5.63 Å². The van der Waals surface area contributed by atoms with Gasteiger partial charge in [-0.15, -0.1) is 0 Å². The maximum Gasteiger partial charge on any atom is 0.339 e. The molecule has 0 saturated heterocycles. The zero-order valence-corrected chi connectivity index (χ0v) is 15.8. The zero-order valence-electron chi connectivity index (χ0n) is 15.8. The lowest BCUT2D eigenvalue weighted by atomic mass is 10.1. The van der Waals surface area contributed by atoms with Gasteiger partial charge in [-0.05, 0) is 37.6 Å². The standard InChI is InChI=1S/C22H16N4O3/c1-13-7-8-17(14(2)9-13)26-21-16(11-25-26)22(24-12-23-21)29-19-10-20(27)28-18-6-4-3-5-15(18)19/h3-12H,1-2H3. The first kappa shape index (κ1) is 17.1. The Bertz CT molecular complexity index is 1440. The molecule has 142 valence electrons. The van der Waals surface area contributed by atoms with Crippen molar-refractivity contribution in [1.82, 2.24) is 19.7 Å². The van der Waals surface area contributed by atoms with Crippen molar-refractivity contribution in [2.45, 2.75) is 13.8 Å². The minimum absolute atomic E-state index is 0.321. The Morgan fingerprint density at radius 2 is 1.86 bits per heavy atom. The van der Waals surface area contributed by atoms with Crippen LogP contribution in [0.1, 0.15) is 11.1 Å². The molecule has 0 spiro atoms. The number of hydrogen-bond acceptors (Lipinski definition) is 6. The fraction of sp³-hybridized carbons (Fsp3) is 0.0909. The van der Waals surface area contributed by atoms with E-state index >= 15 is 0 Å². The van der Waals surface area contributed by atoms with Gasteiger partial charge in [-0.3, -0.25) is 0 Å². The number of benzene rings is 2. The molecule has 0 aliphatic rings. The van der Waals surface area contributed by atoms with E-state index in [0.29, 0.717) is 33.6 Å². The number of rotatable bonds is 3. The smallest absolute Gasteiger partial charge is 0.339 e. The van der Waals surface area contributed by atoms with Gasteiger partial charge in [0.25, 0.3) is 0 Å². The molecule has 3 aromatic heterocycles. The Morgan fingerprint density at radius 1 is 1.00 bits per heavy atom. The lowest BCUT2D eigenvalue weighted by molar-refractivity contribution is 0.462. The summed E-state index contributed by atoms with van der Waals surface area (Å²) in [6.07, 6.45) is 3.09. The Labute approximate surface area is 165 Å². The Balaban J connectivity index is 1.65. The second kappa shape index (κ2) is 6.56. The second-order valence-corrected chi connectivity index (χ2v) is 6.79. The van der Waals surface area contributed by atoms with Crippen LogP contribution in [-0.2, 0) is 0 Å². The SMILES string of the molecule is Cc1ccc(-n2ncc3c(Oc4cc(=O)oc5ccccc45)ncnc32)c(C)c1. The molecule has 7 nitrogen and oxygen atoms in total. The molecule has 0 bridgehead atoms. The van der Waals surface area contributed by atoms with Crippen LogP contribution in [0.25, 0.3) is 27.7 Å². The van der Waals surface area contributed by atoms with Crippen LogP contribution in [0.3, 0.4) is 0 Å². The van der Waals surface area contributed by atoms with Crippen molar-refractivity contribution in [1.29, 1.82) is 0 Å². The first-order chi connectivity index (χ1) is 14.1. The molecule has 3 heterocycles. The van der Waals surface area contributed by atoms with E-state index in [9.17, 15) is 4.79 Å². The van der Waals surface area contributed by atoms with Gasteiger partial charge in [0.05, 0.1) is 23.3 Å². The Kier molecular flexibility index (Phi) is 3.87. The summed E-state index contributed by atoms with van der Waals surface area (Å²) in [5.41, 5.74) is 3.77. The van der Waals surface area contributed by atoms with Gasteiger partial charge >= 0.3 is 5.63 Å². The minimum atomic E-state index is -0.491. The summed E-state index contributed by atoms with van der Waals surface area (Å²) in [5, 5.41) is 5.82. The van der Waals surface area contributed by atoms with Crippen molar-refractivity contribution in [3.63, 3.8) is 0 Å². The first-order valence-corrected chi connectivity index (χ1v) is 9.07. The summed E-state index contributed by atoms with van der Waals surface area (Å²) in [6.45, 7) is 4.08. The number of aryl methyl sites for hydroxylation is 2. The van der Waals surface area contributed by atoms with Crippen molar-refractivity contribution in [2.75, 3.05) is 0 Å². The van der Waals surface area contributed by atoms with Gasteiger partial charge in [-0.25, -0.2) is 19.4 Å². The van der Waals surface area contributed by atoms with Crippen LogP contribution < -0.4 is 10.4 Å². The first-order valence-electron chi connectivity index (χ1n) is 9.07. The predicted octanol–water partition coefficient (Wildman–Crippen LogP) is 4.33. The van der Waals surface area contributed by atoms with E-state index in [1.54, 1.807) is 23.0 Å². The Morgan fingerprint density at radius 3 is 2.72 bits per heavy atom. The molecule has 0 atom stereocenters. The number of nitrogens with zero attached hydrogens (tertiary/aromatic N) is 4. The van der Waals surface area contributed by atoms with Crippen molar-refractivity contribution < 1.29 is 9.15 Å². The van der Waals surface area contributed by atoms with E-state index in [2.05, 4.69) is 21.1 Å². The predicted molar refractivity (Wildman–Crippen MR) is 109 cm³/mol. The van der Waals surface area contributed by atoms with E-state index in [-0.39, 0.29) is 0 Å². The minimum Gasteiger partial charge on any atom is -0.437 e. The molecule has 0 aliphatic carbocycles. The van der Waals surface area contributed by atoms with Crippen LogP contribution in [0, 0.1) is 13.8 Å². The van der Waals surface area contributed by atoms with Crippen molar-refractivity contribution in [3.05, 3.63) is 82.6 Å². The molecule has 0 unspecified atom stereocenters. The number of para-hydroxylation sites is 1. The van der Waals surface area contributed by atoms with Crippen molar-refractivity contribution in [3.8, 4) is 17.3 Å². The van der Waals surface area contributed by atoms with Crippen LogP contribution in [0.5, 0.6) is 11.6 Å². The summed E-state index contributed by atoms with van der Waals surface area (Å²) < 4.78 is 13.0. The molecular weight excluding hydrogens is 368 g/mol. The van der Waals surface area contributed by atoms with Crippen LogP contribution in [0.2, 0.25) is 0 Å². The fourth-order valence-electron chi connectivity index (χ4n) is 3.39. The molecule has 0 N–H and O–H groups in total. The highest BCUT2D eigenvalue weighted by Crippen LogP contribution is 2.31. The maximum atomic E-state index is 11.9. The average Bonchev–Trinajstić information content (AvgIpc) is 3.13. The maximum absolute atomic E-state index is 11.9. The summed E-state index contributed by atoms with van der Waals surface area (Å²) in [7, 11) is 0. The Hall–Kier alpha value is -4.00. The van der Waals surface area contributed by atoms with E-state index in [0.717, 1.165) is 11.3 Å². The van der Waals surface area contributed by atoms with Crippen molar-refractivity contribution >= 4 is 22.0 Å². The average molecular weight is 384 g/mol. The quantitative estimate of drug-likeness (QED) is 0.431. The third-order valence-corrected chi connectivity index (χ3v) is 4.73. The van der Waals surface area contributed by atoms with E-state index in [1.807, 2.05) is 38.1 Å². The molecule has 29 heavy (non-hydrogen) atoms. The summed E-state index contributed by atoms with van der Waals surface area (Å²) in [5.74, 6) is 0.692. The van der Waals surface area contributed by atoms with Gasteiger partial charge in [-0.2, -0.15) is 5.10 Å². The summed E-state index contributed by atoms with van der Waals surface area (Å²) >= 11 is 0. The summed E-state index contributed by atoms with van der Waals surface area (Å²) in [4.78, 5) is 20.6. The molecule has 0 fully saturated rings. The normalized spacial score (nSPS) is 11.2. The largest absolute Gasteiger partial charge is 0.437 e. The van der Waals surface area contributed by atoms with Crippen LogP contribution in [-0.4, -0.2) is 19.7 Å². The summed E-state index contributed by atoms with van der Waals surface area (Å²) in [6, 6.07) is 14.6. The molecule has 7 heteroatoms. The number of aromatic nitrogens is 4. The van der Waals surface area contributed by atoms with E-state index in [1.165, 1.54) is 18.0 Å². The highest BCUT2D eigenvalue weighted by Gasteiger charge is 2.16. The lowest BCUT2D eigenvalue weighted by Gasteiger charge is -2.09. The van der Waals surface area contributed by atoms with Crippen molar-refractivity contribution in [2.24, 2.45) is 0 Å². The molecule has 0 saturated carbocycles. The molecule has 5 aromatic rings. The fourth-order valence-corrected chi connectivity index (χ4v) is 3.39. The molecule has 0 radical (unpaired) electrons. The molecule has 2 aromatic carbocycles. The van der Waals surface area contributed by atoms with Gasteiger partial charge in [0, 0.05) is 0 Å². The van der Waals surface area contributed by atoms with Crippen LogP contribution >= 0.6 is 0 Å². The zero-order chi connectivity index (χ0) is 20.0. The molecule has 0 amide bonds. The molecule has 0 aliphatic heterocycles. The highest BCUT2D eigenvalue weighted by atomic mass is 16.5. The van der Waals surface area contributed by atoms with Crippen LogP contribution in [0.4, 0.5) is 0 Å². The number of fused-ring (bicyclic) bond motifs is 2. The molecular formula is C22H16N4O3. The van der Waals surface area contributed by atoms with Gasteiger partial charge in [0.1, 0.15) is 23.0 Å². The van der Waals surface area contributed by atoms with Gasteiger partial charge in [0.15, 0.2) is 5.65 Å². The van der Waals surface area contributed by atoms with Gasteiger partial charge in [-0.1, -0.05) is 29.8 Å². The highest BCUT2D eigenvalue weighted by molar-refractivity contribution is 5.85. The molecule has 5 rings (SSSR count). The monoisotopic (exact) mass is 384 g/mol. The van der Waals surface area contributed by atoms with Gasteiger partial charge < -0.3 is 9.15 Å². The number of hydrogen-bond donors (Lipinski definition) is 0. The third kappa shape index (κ3) is 2.93. The van der Waals surface area contributed by atoms with E-state index in [4.69, 9.17) is 9.15 Å².